The van der Waals surface area contributed by atoms with Crippen LogP contribution in [0.3, 0.4) is 0 Å². The summed E-state index contributed by atoms with van der Waals surface area (Å²) < 4.78 is 33.8. The van der Waals surface area contributed by atoms with Gasteiger partial charge in [0.05, 0.1) is 6.04 Å². The number of hydrogen-bond acceptors (Lipinski definition) is 5. The number of carboxylic acid groups (broad SMARTS) is 1. The van der Waals surface area contributed by atoms with Crippen molar-refractivity contribution < 1.29 is 23.1 Å². The van der Waals surface area contributed by atoms with Gasteiger partial charge in [0.25, 0.3) is 10.0 Å². The van der Waals surface area contributed by atoms with Crippen LogP contribution in [0.2, 0.25) is 0 Å². The molecule has 0 spiro atoms. The Kier molecular flexibility index (Phi) is 7.23. The first-order chi connectivity index (χ1) is 16.7. The molecule has 0 bridgehead atoms. The van der Waals surface area contributed by atoms with Gasteiger partial charge in [0.2, 0.25) is 0 Å². The second kappa shape index (κ2) is 10.2. The lowest BCUT2D eigenvalue weighted by Crippen LogP contribution is -2.34. The van der Waals surface area contributed by atoms with Crippen LogP contribution < -0.4 is 4.74 Å². The first-order valence-electron chi connectivity index (χ1n) is 11.7. The minimum atomic E-state index is -3.85. The number of fused-ring (bicyclic) bond motifs is 1. The molecule has 35 heavy (non-hydrogen) atoms. The first-order valence-corrected chi connectivity index (χ1v) is 13.1. The van der Waals surface area contributed by atoms with Crippen molar-refractivity contribution in [1.29, 1.82) is 0 Å². The summed E-state index contributed by atoms with van der Waals surface area (Å²) in [5.74, 6) is -0.170. The molecular weight excluding hydrogens is 464 g/mol. The highest BCUT2D eigenvalue weighted by atomic mass is 32.2. The van der Waals surface area contributed by atoms with E-state index in [-0.39, 0.29) is 11.1 Å². The molecule has 3 aromatic rings. The van der Waals surface area contributed by atoms with E-state index in [0.717, 1.165) is 28.7 Å². The zero-order chi connectivity index (χ0) is 25.2. The third kappa shape index (κ3) is 5.23. The van der Waals surface area contributed by atoms with Crippen LogP contribution in [0, 0.1) is 0 Å². The number of hydrogen-bond donors (Lipinski definition) is 1. The third-order valence-corrected chi connectivity index (χ3v) is 8.27. The van der Waals surface area contributed by atoms with E-state index < -0.39 is 22.6 Å². The minimum absolute atomic E-state index is 0.00540. The van der Waals surface area contributed by atoms with E-state index in [1.54, 1.807) is 37.5 Å². The Bertz CT molecular complexity index is 1320. The maximum Gasteiger partial charge on any atom is 0.341 e. The van der Waals surface area contributed by atoms with Crippen LogP contribution in [0.25, 0.3) is 11.1 Å². The summed E-state index contributed by atoms with van der Waals surface area (Å²) in [7, 11) is -2.28. The second-order valence-electron chi connectivity index (χ2n) is 9.10. The van der Waals surface area contributed by atoms with Gasteiger partial charge in [-0.1, -0.05) is 50.2 Å². The Balaban J connectivity index is 1.60. The van der Waals surface area contributed by atoms with E-state index in [1.807, 2.05) is 18.2 Å². The summed E-state index contributed by atoms with van der Waals surface area (Å²) in [6.45, 7) is 3.83. The van der Waals surface area contributed by atoms with Crippen LogP contribution in [0.4, 0.5) is 0 Å². The molecule has 0 unspecified atom stereocenters. The molecule has 184 valence electrons. The summed E-state index contributed by atoms with van der Waals surface area (Å²) in [5.41, 5.74) is 4.77. The average molecular weight is 495 g/mol. The second-order valence-corrected chi connectivity index (χ2v) is 11.0. The van der Waals surface area contributed by atoms with Crippen LogP contribution >= 0.6 is 0 Å². The maximum absolute atomic E-state index is 13.5. The number of aliphatic carboxylic acids is 1. The van der Waals surface area contributed by atoms with Gasteiger partial charge >= 0.3 is 5.97 Å². The van der Waals surface area contributed by atoms with Crippen molar-refractivity contribution in [3.8, 4) is 16.9 Å². The zero-order valence-corrected chi connectivity index (χ0v) is 21.0. The van der Waals surface area contributed by atoms with Crippen molar-refractivity contribution in [2.45, 2.75) is 50.1 Å². The molecule has 1 N–H and O–H groups in total. The van der Waals surface area contributed by atoms with Gasteiger partial charge in [-0.2, -0.15) is 4.31 Å². The first kappa shape index (κ1) is 24.9. The normalized spacial score (nSPS) is 15.7. The van der Waals surface area contributed by atoms with Crippen LogP contribution in [-0.2, 0) is 21.2 Å². The summed E-state index contributed by atoms with van der Waals surface area (Å²) in [5, 5.41) is 8.96. The summed E-state index contributed by atoms with van der Waals surface area (Å²) in [4.78, 5) is 15.3. The van der Waals surface area contributed by atoms with Gasteiger partial charge < -0.3 is 9.84 Å². The quantitative estimate of drug-likeness (QED) is 0.472. The average Bonchev–Trinajstić information content (AvgIpc) is 2.86. The minimum Gasteiger partial charge on any atom is -0.482 e. The van der Waals surface area contributed by atoms with E-state index in [0.29, 0.717) is 24.5 Å². The molecule has 0 saturated heterocycles. The van der Waals surface area contributed by atoms with Crippen LogP contribution in [0.5, 0.6) is 5.75 Å². The largest absolute Gasteiger partial charge is 0.482 e. The monoisotopic (exact) mass is 494 g/mol. The lowest BCUT2D eigenvalue weighted by Gasteiger charge is -2.33. The smallest absolute Gasteiger partial charge is 0.341 e. The van der Waals surface area contributed by atoms with Crippen molar-refractivity contribution in [3.05, 3.63) is 77.5 Å². The fourth-order valence-electron chi connectivity index (χ4n) is 4.54. The van der Waals surface area contributed by atoms with Crippen molar-refractivity contribution in [2.75, 3.05) is 13.7 Å². The Morgan fingerprint density at radius 2 is 1.91 bits per heavy atom. The van der Waals surface area contributed by atoms with Gasteiger partial charge in [0.15, 0.2) is 11.6 Å². The van der Waals surface area contributed by atoms with E-state index in [2.05, 4.69) is 31.0 Å². The standard InChI is InChI=1S/C27H30N2O5S/c1-18(2)19-7-4-8-20(15-19)21-13-14-26(28-16-21)35(32,33)29(3)24-11-5-10-23-22(24)9-6-12-25(23)34-17-27(30)31/h4,6-9,12-16,18,24H,5,10-11,17H2,1-3H3,(H,30,31)/t24-/m1/s1. The molecule has 1 heterocycles. The molecule has 0 amide bonds. The van der Waals surface area contributed by atoms with E-state index in [1.165, 1.54) is 9.87 Å². The van der Waals surface area contributed by atoms with Gasteiger partial charge in [-0.05, 0) is 65.6 Å². The van der Waals surface area contributed by atoms with Gasteiger partial charge in [-0.15, -0.1) is 0 Å². The SMILES string of the molecule is CC(C)c1cccc(-c2ccc(S(=O)(=O)N(C)[C@@H]3CCCc4c(OCC(=O)O)cccc43)nc2)c1. The number of rotatable bonds is 8. The molecule has 1 aliphatic carbocycles. The molecular formula is C27H30N2O5S. The Morgan fingerprint density at radius 1 is 1.14 bits per heavy atom. The molecule has 8 heteroatoms. The third-order valence-electron chi connectivity index (χ3n) is 6.49. The Hall–Kier alpha value is -3.23. The van der Waals surface area contributed by atoms with Crippen LogP contribution in [-0.4, -0.2) is 42.4 Å². The lowest BCUT2D eigenvalue weighted by molar-refractivity contribution is -0.139. The van der Waals surface area contributed by atoms with Gasteiger partial charge in [0.1, 0.15) is 5.75 Å². The molecule has 2 aromatic carbocycles. The highest BCUT2D eigenvalue weighted by Crippen LogP contribution is 2.40. The predicted octanol–water partition coefficient (Wildman–Crippen LogP) is 5.03. The molecule has 7 nitrogen and oxygen atoms in total. The molecule has 1 aliphatic rings. The number of carboxylic acids is 1. The predicted molar refractivity (Wildman–Crippen MR) is 134 cm³/mol. The molecule has 0 aliphatic heterocycles. The van der Waals surface area contributed by atoms with Gasteiger partial charge in [0, 0.05) is 18.8 Å². The van der Waals surface area contributed by atoms with Crippen LogP contribution in [0.1, 0.15) is 55.3 Å². The maximum atomic E-state index is 13.5. The fraction of sp³-hybridized carbons (Fsp3) is 0.333. The fourth-order valence-corrected chi connectivity index (χ4v) is 5.81. The van der Waals surface area contributed by atoms with Gasteiger partial charge in [-0.25, -0.2) is 18.2 Å². The number of pyridine rings is 1. The zero-order valence-electron chi connectivity index (χ0n) is 20.1. The van der Waals surface area contributed by atoms with E-state index in [9.17, 15) is 13.2 Å². The Morgan fingerprint density at radius 3 is 2.60 bits per heavy atom. The molecule has 0 saturated carbocycles. The number of sulfonamides is 1. The molecule has 1 aromatic heterocycles. The number of benzene rings is 2. The van der Waals surface area contributed by atoms with Crippen LogP contribution in [0.15, 0.2) is 65.8 Å². The van der Waals surface area contributed by atoms with E-state index in [4.69, 9.17) is 9.84 Å². The van der Waals surface area contributed by atoms with Crippen molar-refractivity contribution in [3.63, 3.8) is 0 Å². The highest BCUT2D eigenvalue weighted by molar-refractivity contribution is 7.89. The lowest BCUT2D eigenvalue weighted by atomic mass is 9.87. The Labute approximate surface area is 206 Å². The number of aromatic nitrogens is 1. The molecule has 4 rings (SSSR count). The molecule has 0 fully saturated rings. The summed E-state index contributed by atoms with van der Waals surface area (Å²) in [6, 6.07) is 16.5. The van der Waals surface area contributed by atoms with Gasteiger partial charge in [-0.3, -0.25) is 0 Å². The molecule has 0 radical (unpaired) electrons. The van der Waals surface area contributed by atoms with Crippen molar-refractivity contribution in [2.24, 2.45) is 0 Å². The number of nitrogens with zero attached hydrogens (tertiary/aromatic N) is 2. The highest BCUT2D eigenvalue weighted by Gasteiger charge is 2.34. The summed E-state index contributed by atoms with van der Waals surface area (Å²) in [6.07, 6.45) is 3.74. The summed E-state index contributed by atoms with van der Waals surface area (Å²) >= 11 is 0. The molecule has 1 atom stereocenters. The van der Waals surface area contributed by atoms with Crippen molar-refractivity contribution in [1.82, 2.24) is 9.29 Å². The number of carbonyl (C=O) groups is 1. The van der Waals surface area contributed by atoms with Crippen molar-refractivity contribution >= 4 is 16.0 Å². The number of ether oxygens (including phenoxy) is 1. The van der Waals surface area contributed by atoms with E-state index >= 15 is 0 Å². The topological polar surface area (TPSA) is 96.8 Å².